The molecule has 5 nitrogen and oxygen atoms in total. The number of aliphatic hydroxyl groups excluding tert-OH is 3. The normalized spacial score (nSPS) is 38.0. The van der Waals surface area contributed by atoms with E-state index in [4.69, 9.17) is 9.47 Å². The lowest BCUT2D eigenvalue weighted by Gasteiger charge is -2.36. The van der Waals surface area contributed by atoms with Crippen molar-refractivity contribution in [3.8, 4) is 0 Å². The van der Waals surface area contributed by atoms with Gasteiger partial charge >= 0.3 is 0 Å². The first-order valence-corrected chi connectivity index (χ1v) is 5.11. The van der Waals surface area contributed by atoms with Crippen LogP contribution in [0, 0.1) is 0 Å². The van der Waals surface area contributed by atoms with Gasteiger partial charge in [-0.3, -0.25) is 0 Å². The monoisotopic (exact) mass is 220 g/mol. The molecule has 1 aliphatic rings. The molecular weight excluding hydrogens is 200 g/mol. The molecule has 0 amide bonds. The number of hydrogen-bond donors (Lipinski definition) is 3. The van der Waals surface area contributed by atoms with E-state index in [0.29, 0.717) is 0 Å². The van der Waals surface area contributed by atoms with Gasteiger partial charge in [0.1, 0.15) is 24.4 Å². The summed E-state index contributed by atoms with van der Waals surface area (Å²) < 4.78 is 10.6. The zero-order valence-corrected chi connectivity index (χ0v) is 9.38. The summed E-state index contributed by atoms with van der Waals surface area (Å²) in [5.41, 5.74) is -0.315. The number of rotatable bonds is 2. The van der Waals surface area contributed by atoms with E-state index in [0.717, 1.165) is 0 Å². The van der Waals surface area contributed by atoms with Crippen molar-refractivity contribution >= 4 is 0 Å². The van der Waals surface area contributed by atoms with Crippen molar-refractivity contribution in [3.05, 3.63) is 0 Å². The van der Waals surface area contributed by atoms with E-state index in [1.54, 1.807) is 0 Å². The van der Waals surface area contributed by atoms with Crippen LogP contribution in [0.5, 0.6) is 0 Å². The molecule has 0 saturated carbocycles. The summed E-state index contributed by atoms with van der Waals surface area (Å²) in [6, 6.07) is 0. The minimum Gasteiger partial charge on any atom is -0.388 e. The highest BCUT2D eigenvalue weighted by molar-refractivity contribution is 4.86. The minimum absolute atomic E-state index is 0.0242. The zero-order valence-electron chi connectivity index (χ0n) is 9.38. The van der Waals surface area contributed by atoms with Crippen LogP contribution >= 0.6 is 0 Å². The number of aliphatic hydroxyl groups is 3. The molecule has 1 saturated heterocycles. The van der Waals surface area contributed by atoms with Crippen molar-refractivity contribution in [2.45, 2.75) is 50.8 Å². The Kier molecular flexibility index (Phi) is 4.08. The SMILES string of the molecule is CC(C)(C)OC[C@H]1OC[C@H](O)[C@@H](O)[C@@H]1O. The molecule has 5 heteroatoms. The lowest BCUT2D eigenvalue weighted by Crippen LogP contribution is -2.54. The third-order valence-electron chi connectivity index (χ3n) is 2.29. The second-order valence-electron chi connectivity index (χ2n) is 4.84. The van der Waals surface area contributed by atoms with Crippen molar-refractivity contribution in [3.63, 3.8) is 0 Å². The predicted octanol–water partition coefficient (Wildman–Crippen LogP) is -0.717. The summed E-state index contributed by atoms with van der Waals surface area (Å²) in [5.74, 6) is 0. The van der Waals surface area contributed by atoms with Crippen LogP contribution in [0.3, 0.4) is 0 Å². The Labute approximate surface area is 89.6 Å². The second kappa shape index (κ2) is 4.76. The average molecular weight is 220 g/mol. The first kappa shape index (κ1) is 12.9. The molecule has 15 heavy (non-hydrogen) atoms. The zero-order chi connectivity index (χ0) is 11.6. The molecule has 1 aliphatic heterocycles. The van der Waals surface area contributed by atoms with Gasteiger partial charge in [0.2, 0.25) is 0 Å². The lowest BCUT2D eigenvalue weighted by molar-refractivity contribution is -0.207. The van der Waals surface area contributed by atoms with Crippen molar-refractivity contribution in [1.82, 2.24) is 0 Å². The molecule has 0 aliphatic carbocycles. The summed E-state index contributed by atoms with van der Waals surface area (Å²) in [4.78, 5) is 0. The predicted molar refractivity (Wildman–Crippen MR) is 53.5 cm³/mol. The van der Waals surface area contributed by atoms with E-state index in [9.17, 15) is 15.3 Å². The molecule has 1 rings (SSSR count). The molecule has 1 fully saturated rings. The van der Waals surface area contributed by atoms with Crippen molar-refractivity contribution in [1.29, 1.82) is 0 Å². The summed E-state index contributed by atoms with van der Waals surface area (Å²) >= 11 is 0. The van der Waals surface area contributed by atoms with Crippen molar-refractivity contribution in [2.75, 3.05) is 13.2 Å². The Morgan fingerprint density at radius 3 is 2.33 bits per heavy atom. The number of ether oxygens (including phenoxy) is 2. The third-order valence-corrected chi connectivity index (χ3v) is 2.29. The molecule has 1 heterocycles. The van der Waals surface area contributed by atoms with E-state index in [1.807, 2.05) is 20.8 Å². The molecule has 4 atom stereocenters. The molecule has 0 aromatic heterocycles. The Bertz CT molecular complexity index is 200. The first-order chi connectivity index (χ1) is 6.81. The molecule has 0 bridgehead atoms. The van der Waals surface area contributed by atoms with E-state index in [1.165, 1.54) is 0 Å². The topological polar surface area (TPSA) is 79.2 Å². The van der Waals surface area contributed by atoms with Crippen LogP contribution in [0.1, 0.15) is 20.8 Å². The van der Waals surface area contributed by atoms with Gasteiger partial charge in [-0.25, -0.2) is 0 Å². The second-order valence-corrected chi connectivity index (χ2v) is 4.84. The van der Waals surface area contributed by atoms with Crippen LogP contribution < -0.4 is 0 Å². The molecule has 0 unspecified atom stereocenters. The van der Waals surface area contributed by atoms with Gasteiger partial charge in [0.15, 0.2) is 0 Å². The molecule has 0 radical (unpaired) electrons. The van der Waals surface area contributed by atoms with E-state index < -0.39 is 24.4 Å². The molecule has 0 spiro atoms. The summed E-state index contributed by atoms with van der Waals surface area (Å²) in [6.45, 7) is 5.92. The Balaban J connectivity index is 2.43. The van der Waals surface area contributed by atoms with Gasteiger partial charge in [-0.2, -0.15) is 0 Å². The van der Waals surface area contributed by atoms with Crippen LogP contribution in [0.4, 0.5) is 0 Å². The summed E-state index contributed by atoms with van der Waals surface area (Å²) in [7, 11) is 0. The lowest BCUT2D eigenvalue weighted by atomic mass is 10.0. The molecule has 90 valence electrons. The Hall–Kier alpha value is -0.200. The van der Waals surface area contributed by atoms with Gasteiger partial charge in [0.05, 0.1) is 18.8 Å². The van der Waals surface area contributed by atoms with Crippen molar-refractivity contribution in [2.24, 2.45) is 0 Å². The fourth-order valence-corrected chi connectivity index (χ4v) is 1.35. The van der Waals surface area contributed by atoms with Crippen LogP contribution in [0.15, 0.2) is 0 Å². The quantitative estimate of drug-likeness (QED) is 0.572. The molecule has 0 aromatic rings. The third kappa shape index (κ3) is 3.70. The van der Waals surface area contributed by atoms with Crippen LogP contribution in [0.2, 0.25) is 0 Å². The highest BCUT2D eigenvalue weighted by Gasteiger charge is 2.37. The fourth-order valence-electron chi connectivity index (χ4n) is 1.35. The summed E-state index contributed by atoms with van der Waals surface area (Å²) in [6.07, 6.45) is -3.86. The van der Waals surface area contributed by atoms with Gasteiger partial charge in [0.25, 0.3) is 0 Å². The molecular formula is C10H20O5. The first-order valence-electron chi connectivity index (χ1n) is 5.11. The van der Waals surface area contributed by atoms with Gasteiger partial charge in [-0.1, -0.05) is 0 Å². The standard InChI is InChI=1S/C10H20O5/c1-10(2,3)15-5-7-9(13)8(12)6(11)4-14-7/h6-9,11-13H,4-5H2,1-3H3/t6-,7+,8+,9+/m0/s1. The smallest absolute Gasteiger partial charge is 0.111 e. The number of hydrogen-bond acceptors (Lipinski definition) is 5. The molecule has 0 aromatic carbocycles. The highest BCUT2D eigenvalue weighted by Crippen LogP contribution is 2.18. The van der Waals surface area contributed by atoms with E-state index in [2.05, 4.69) is 0 Å². The van der Waals surface area contributed by atoms with Crippen LogP contribution in [-0.2, 0) is 9.47 Å². The van der Waals surface area contributed by atoms with Gasteiger partial charge in [-0.05, 0) is 20.8 Å². The molecule has 3 N–H and O–H groups in total. The van der Waals surface area contributed by atoms with Gasteiger partial charge in [0, 0.05) is 0 Å². The van der Waals surface area contributed by atoms with Gasteiger partial charge in [-0.15, -0.1) is 0 Å². The minimum atomic E-state index is -1.16. The highest BCUT2D eigenvalue weighted by atomic mass is 16.6. The van der Waals surface area contributed by atoms with Crippen LogP contribution in [0.25, 0.3) is 0 Å². The van der Waals surface area contributed by atoms with E-state index >= 15 is 0 Å². The van der Waals surface area contributed by atoms with Crippen molar-refractivity contribution < 1.29 is 24.8 Å². The average Bonchev–Trinajstić information content (AvgIpc) is 2.12. The fraction of sp³-hybridized carbons (Fsp3) is 1.00. The maximum absolute atomic E-state index is 9.59. The van der Waals surface area contributed by atoms with Gasteiger partial charge < -0.3 is 24.8 Å². The maximum Gasteiger partial charge on any atom is 0.111 e. The van der Waals surface area contributed by atoms with Crippen LogP contribution in [-0.4, -0.2) is 58.6 Å². The summed E-state index contributed by atoms with van der Waals surface area (Å²) in [5, 5.41) is 28.2. The maximum atomic E-state index is 9.59. The Morgan fingerprint density at radius 2 is 1.80 bits per heavy atom. The van der Waals surface area contributed by atoms with E-state index in [-0.39, 0.29) is 18.8 Å². The largest absolute Gasteiger partial charge is 0.388 e. The Morgan fingerprint density at radius 1 is 1.20 bits per heavy atom.